The molecule has 54 heavy (non-hydrogen) atoms. The van der Waals surface area contributed by atoms with E-state index in [0.717, 1.165) is 17.1 Å². The average Bonchev–Trinajstić information content (AvgIpc) is 3.48. The molecule has 1 spiro atoms. The second-order valence-electron chi connectivity index (χ2n) is 14.8. The monoisotopic (exact) mass is 683 g/mol. The first-order valence-corrected chi connectivity index (χ1v) is 18.9. The quantitative estimate of drug-likeness (QED) is 0.168. The van der Waals surface area contributed by atoms with Gasteiger partial charge in [-0.3, -0.25) is 0 Å². The Bertz CT molecular complexity index is 3050. The van der Waals surface area contributed by atoms with E-state index in [1.54, 1.807) is 0 Å². The minimum Gasteiger partial charge on any atom is -0.310 e. The third-order valence-electron chi connectivity index (χ3n) is 12.2. The zero-order valence-electron chi connectivity index (χ0n) is 29.5. The highest BCUT2D eigenvalue weighted by atomic mass is 15.1. The Balaban J connectivity index is 1.28. The molecule has 0 N–H and O–H groups in total. The maximum Gasteiger partial charge on any atom is 0.0726 e. The molecule has 2 aliphatic rings. The van der Waals surface area contributed by atoms with E-state index in [0.29, 0.717) is 0 Å². The Hall–Kier alpha value is -6.96. The highest BCUT2D eigenvalue weighted by Gasteiger charge is 2.50. The van der Waals surface area contributed by atoms with Crippen molar-refractivity contribution in [1.82, 2.24) is 0 Å². The summed E-state index contributed by atoms with van der Waals surface area (Å²) in [4.78, 5) is 2.40. The van der Waals surface area contributed by atoms with Gasteiger partial charge in [0.2, 0.25) is 0 Å². The van der Waals surface area contributed by atoms with E-state index in [1.165, 1.54) is 88.0 Å². The maximum atomic E-state index is 2.54. The minimum atomic E-state index is -0.601. The van der Waals surface area contributed by atoms with Crippen molar-refractivity contribution in [2.45, 2.75) is 5.41 Å². The fourth-order valence-electron chi connectivity index (χ4n) is 10.1. The summed E-state index contributed by atoms with van der Waals surface area (Å²) in [7, 11) is 0. The van der Waals surface area contributed by atoms with Gasteiger partial charge in [0.05, 0.1) is 5.41 Å². The molecule has 12 rings (SSSR count). The predicted molar refractivity (Wildman–Crippen MR) is 227 cm³/mol. The molecule has 0 bridgehead atoms. The Morgan fingerprint density at radius 2 is 0.833 bits per heavy atom. The molecule has 10 aromatic carbocycles. The number of fused-ring (bicyclic) bond motifs is 13. The van der Waals surface area contributed by atoms with Crippen molar-refractivity contribution in [3.63, 3.8) is 0 Å². The lowest BCUT2D eigenvalue weighted by Crippen LogP contribution is -2.29. The molecular weight excluding hydrogens is 651 g/mol. The van der Waals surface area contributed by atoms with Crippen LogP contribution in [0.25, 0.3) is 65.7 Å². The average molecular weight is 684 g/mol. The Morgan fingerprint density at radius 3 is 1.52 bits per heavy atom. The lowest BCUT2D eigenvalue weighted by molar-refractivity contribution is 0.777. The molecule has 10 aromatic rings. The summed E-state index contributed by atoms with van der Waals surface area (Å²) in [6, 6.07) is 74.8. The van der Waals surface area contributed by atoms with Gasteiger partial charge in [0.1, 0.15) is 0 Å². The molecule has 0 aliphatic heterocycles. The first kappa shape index (κ1) is 29.6. The maximum absolute atomic E-state index is 2.54. The van der Waals surface area contributed by atoms with Gasteiger partial charge in [-0.2, -0.15) is 0 Å². The minimum absolute atomic E-state index is 0.601. The number of anilines is 3. The Labute approximate surface area is 314 Å². The molecule has 1 heteroatoms. The zero-order chi connectivity index (χ0) is 35.4. The van der Waals surface area contributed by atoms with E-state index in [-0.39, 0.29) is 0 Å². The molecule has 0 amide bonds. The van der Waals surface area contributed by atoms with Crippen LogP contribution in [0.1, 0.15) is 22.3 Å². The summed E-state index contributed by atoms with van der Waals surface area (Å²) >= 11 is 0. The van der Waals surface area contributed by atoms with Gasteiger partial charge in [-0.25, -0.2) is 0 Å². The van der Waals surface area contributed by atoms with E-state index in [2.05, 4.69) is 205 Å². The van der Waals surface area contributed by atoms with Crippen LogP contribution in [0.15, 0.2) is 200 Å². The predicted octanol–water partition coefficient (Wildman–Crippen LogP) is 14.1. The standard InChI is InChI=1S/C53H33N/c1-3-16-37(17-4-1)54(38-18-5-2-6-19-38)39-29-31-43-41-21-8-7-20-40(41)42-22-9-11-24-46(42)53(48(43)33-39)47-25-12-10-23-44(47)52-45-30-28-35-15-13-14-34-26-27-36(32-49(52)53)51(45)50(34)35/h1-33H. The highest BCUT2D eigenvalue weighted by molar-refractivity contribution is 6.27. The molecule has 1 unspecified atom stereocenters. The van der Waals surface area contributed by atoms with E-state index < -0.39 is 5.41 Å². The van der Waals surface area contributed by atoms with Crippen molar-refractivity contribution in [1.29, 1.82) is 0 Å². The third-order valence-corrected chi connectivity index (χ3v) is 12.2. The molecule has 1 nitrogen and oxygen atoms in total. The molecule has 0 radical (unpaired) electrons. The van der Waals surface area contributed by atoms with Crippen LogP contribution in [-0.2, 0) is 5.41 Å². The van der Waals surface area contributed by atoms with Gasteiger partial charge < -0.3 is 4.90 Å². The highest BCUT2D eigenvalue weighted by Crippen LogP contribution is 2.63. The lowest BCUT2D eigenvalue weighted by Gasteiger charge is -2.36. The topological polar surface area (TPSA) is 3.24 Å². The smallest absolute Gasteiger partial charge is 0.0726 e. The van der Waals surface area contributed by atoms with Gasteiger partial charge in [-0.1, -0.05) is 158 Å². The second kappa shape index (κ2) is 11.0. The van der Waals surface area contributed by atoms with Gasteiger partial charge in [0.15, 0.2) is 0 Å². The molecule has 0 fully saturated rings. The van der Waals surface area contributed by atoms with Crippen LogP contribution in [0.4, 0.5) is 17.1 Å². The number of rotatable bonds is 3. The fraction of sp³-hybridized carbons (Fsp3) is 0.0189. The van der Waals surface area contributed by atoms with Gasteiger partial charge in [0, 0.05) is 17.1 Å². The first-order chi connectivity index (χ1) is 26.8. The first-order valence-electron chi connectivity index (χ1n) is 18.9. The molecule has 0 aromatic heterocycles. The summed E-state index contributed by atoms with van der Waals surface area (Å²) < 4.78 is 0. The fourth-order valence-corrected chi connectivity index (χ4v) is 10.1. The molecule has 0 saturated heterocycles. The number of hydrogen-bond acceptors (Lipinski definition) is 1. The summed E-state index contributed by atoms with van der Waals surface area (Å²) in [6.07, 6.45) is 0. The van der Waals surface area contributed by atoms with Crippen molar-refractivity contribution in [3.05, 3.63) is 222 Å². The van der Waals surface area contributed by atoms with Gasteiger partial charge >= 0.3 is 0 Å². The molecule has 1 atom stereocenters. The summed E-state index contributed by atoms with van der Waals surface area (Å²) in [5.74, 6) is 0. The van der Waals surface area contributed by atoms with Crippen LogP contribution >= 0.6 is 0 Å². The van der Waals surface area contributed by atoms with E-state index >= 15 is 0 Å². The molecule has 0 heterocycles. The molecule has 250 valence electrons. The number of para-hydroxylation sites is 2. The normalized spacial score (nSPS) is 15.1. The zero-order valence-corrected chi connectivity index (χ0v) is 29.5. The molecule has 0 saturated carbocycles. The second-order valence-corrected chi connectivity index (χ2v) is 14.8. The van der Waals surface area contributed by atoms with Crippen LogP contribution in [0.2, 0.25) is 0 Å². The van der Waals surface area contributed by atoms with E-state index in [1.807, 2.05) is 0 Å². The summed E-state index contributed by atoms with van der Waals surface area (Å²) in [6.45, 7) is 0. The SMILES string of the molecule is c1ccc(N(c2ccccc2)c2ccc3c(c2)C2(c4ccccc4-c4ccccc4-3)c3ccccc3-c3c2cc2ccc4cccc5ccc3c2c45)cc1. The Morgan fingerprint density at radius 1 is 0.296 bits per heavy atom. The molecular formula is C53H33N. The Kier molecular flexibility index (Phi) is 6.04. The van der Waals surface area contributed by atoms with Crippen molar-refractivity contribution in [2.24, 2.45) is 0 Å². The lowest BCUT2D eigenvalue weighted by atomic mass is 9.65. The van der Waals surface area contributed by atoms with E-state index in [9.17, 15) is 0 Å². The number of benzene rings is 10. The molecule has 2 aliphatic carbocycles. The van der Waals surface area contributed by atoms with Gasteiger partial charge in [-0.05, 0) is 130 Å². The number of hydrogen-bond donors (Lipinski definition) is 0. The number of nitrogens with zero attached hydrogens (tertiary/aromatic N) is 1. The van der Waals surface area contributed by atoms with Crippen molar-refractivity contribution >= 4 is 49.4 Å². The third kappa shape index (κ3) is 3.83. The van der Waals surface area contributed by atoms with Crippen molar-refractivity contribution in [3.8, 4) is 33.4 Å². The van der Waals surface area contributed by atoms with E-state index in [4.69, 9.17) is 0 Å². The van der Waals surface area contributed by atoms with Crippen molar-refractivity contribution in [2.75, 3.05) is 4.90 Å². The van der Waals surface area contributed by atoms with Crippen LogP contribution < -0.4 is 4.90 Å². The van der Waals surface area contributed by atoms with Crippen molar-refractivity contribution < 1.29 is 0 Å². The largest absolute Gasteiger partial charge is 0.310 e. The van der Waals surface area contributed by atoms with Crippen LogP contribution in [0.5, 0.6) is 0 Å². The van der Waals surface area contributed by atoms with Crippen LogP contribution in [0, 0.1) is 0 Å². The van der Waals surface area contributed by atoms with Gasteiger partial charge in [0.25, 0.3) is 0 Å². The summed E-state index contributed by atoms with van der Waals surface area (Å²) in [5.41, 5.74) is 15.8. The summed E-state index contributed by atoms with van der Waals surface area (Å²) in [5, 5.41) is 7.90. The van der Waals surface area contributed by atoms with Gasteiger partial charge in [-0.15, -0.1) is 0 Å². The van der Waals surface area contributed by atoms with Crippen LogP contribution in [0.3, 0.4) is 0 Å². The van der Waals surface area contributed by atoms with Crippen LogP contribution in [-0.4, -0.2) is 0 Å².